The zero-order chi connectivity index (χ0) is 20.5. The third-order valence-corrected chi connectivity index (χ3v) is 5.79. The minimum absolute atomic E-state index is 0.0216. The van der Waals surface area contributed by atoms with Crippen LogP contribution in [0.3, 0.4) is 0 Å². The molecule has 1 aromatic heterocycles. The van der Waals surface area contributed by atoms with E-state index in [0.717, 1.165) is 24.1 Å². The van der Waals surface area contributed by atoms with Crippen LogP contribution in [0.5, 0.6) is 0 Å². The Bertz CT molecular complexity index is 914. The number of fused-ring (bicyclic) bond motifs is 1. The van der Waals surface area contributed by atoms with Gasteiger partial charge in [-0.15, -0.1) is 0 Å². The molecule has 0 saturated heterocycles. The van der Waals surface area contributed by atoms with Gasteiger partial charge in [0.05, 0.1) is 18.2 Å². The van der Waals surface area contributed by atoms with Crippen molar-refractivity contribution >= 4 is 23.5 Å². The summed E-state index contributed by atoms with van der Waals surface area (Å²) in [5, 5.41) is 3.44. The van der Waals surface area contributed by atoms with Crippen LogP contribution in [0.4, 0.5) is 11.6 Å². The van der Waals surface area contributed by atoms with E-state index in [0.29, 0.717) is 24.0 Å². The highest BCUT2D eigenvalue weighted by Gasteiger charge is 2.47. The molecule has 2 aliphatic rings. The Morgan fingerprint density at radius 3 is 2.59 bits per heavy atom. The molecule has 2 heterocycles. The van der Waals surface area contributed by atoms with Crippen molar-refractivity contribution in [3.63, 3.8) is 0 Å². The first-order valence-corrected chi connectivity index (χ1v) is 10.2. The molecule has 1 saturated carbocycles. The number of ether oxygens (including phenoxy) is 1. The van der Waals surface area contributed by atoms with Crippen molar-refractivity contribution in [2.75, 3.05) is 16.8 Å². The molecule has 7 heteroatoms. The maximum absolute atomic E-state index is 12.6. The fraction of sp³-hybridized carbons (Fsp3) is 0.455. The number of hydrogen-bond donors (Lipinski definition) is 1. The summed E-state index contributed by atoms with van der Waals surface area (Å²) >= 11 is 0. The zero-order valence-corrected chi connectivity index (χ0v) is 17.0. The molecule has 0 spiro atoms. The maximum Gasteiger partial charge on any atom is 0.338 e. The van der Waals surface area contributed by atoms with Gasteiger partial charge in [0.15, 0.2) is 0 Å². The van der Waals surface area contributed by atoms with Crippen LogP contribution in [0, 0.1) is 11.8 Å². The Morgan fingerprint density at radius 2 is 1.97 bits per heavy atom. The van der Waals surface area contributed by atoms with E-state index >= 15 is 0 Å². The van der Waals surface area contributed by atoms with E-state index in [2.05, 4.69) is 22.2 Å². The lowest BCUT2D eigenvalue weighted by Crippen LogP contribution is -2.51. The summed E-state index contributed by atoms with van der Waals surface area (Å²) in [6.07, 6.45) is 5.64. The van der Waals surface area contributed by atoms with Crippen LogP contribution in [-0.4, -0.2) is 34.5 Å². The Labute approximate surface area is 170 Å². The minimum atomic E-state index is -0.364. The van der Waals surface area contributed by atoms with E-state index in [9.17, 15) is 9.59 Å². The van der Waals surface area contributed by atoms with Crippen molar-refractivity contribution in [2.45, 2.75) is 45.7 Å². The van der Waals surface area contributed by atoms with Gasteiger partial charge in [-0.1, -0.05) is 6.92 Å². The fourth-order valence-corrected chi connectivity index (χ4v) is 4.42. The van der Waals surface area contributed by atoms with Gasteiger partial charge in [-0.05, 0) is 55.5 Å². The van der Waals surface area contributed by atoms with Gasteiger partial charge < -0.3 is 15.0 Å². The van der Waals surface area contributed by atoms with Gasteiger partial charge >= 0.3 is 5.97 Å². The summed E-state index contributed by atoms with van der Waals surface area (Å²) in [6.45, 7) is 5.86. The lowest BCUT2D eigenvalue weighted by molar-refractivity contribution is -0.117. The van der Waals surface area contributed by atoms with Crippen LogP contribution in [0.25, 0.3) is 0 Å². The molecule has 1 aliphatic heterocycles. The van der Waals surface area contributed by atoms with Crippen LogP contribution in [0.2, 0.25) is 0 Å². The van der Waals surface area contributed by atoms with Crippen LogP contribution >= 0.6 is 0 Å². The number of aromatic nitrogens is 2. The molecule has 0 bridgehead atoms. The van der Waals surface area contributed by atoms with Crippen LogP contribution in [0.1, 0.15) is 55.6 Å². The molecular formula is C22H26N4O3. The molecule has 0 unspecified atom stereocenters. The van der Waals surface area contributed by atoms with E-state index < -0.39 is 0 Å². The van der Waals surface area contributed by atoms with E-state index in [-0.39, 0.29) is 29.9 Å². The molecule has 7 nitrogen and oxygen atoms in total. The first-order valence-electron chi connectivity index (χ1n) is 10.2. The van der Waals surface area contributed by atoms with Gasteiger partial charge in [0, 0.05) is 37.0 Å². The molecule has 1 N–H and O–H groups in total. The smallest absolute Gasteiger partial charge is 0.338 e. The number of nitrogens with one attached hydrogen (secondary N) is 1. The Kier molecular flexibility index (Phi) is 5.22. The van der Waals surface area contributed by atoms with Crippen molar-refractivity contribution in [3.05, 3.63) is 47.8 Å². The van der Waals surface area contributed by atoms with Crippen molar-refractivity contribution in [1.82, 2.24) is 9.97 Å². The molecule has 1 aromatic carbocycles. The van der Waals surface area contributed by atoms with Crippen molar-refractivity contribution in [2.24, 2.45) is 11.8 Å². The van der Waals surface area contributed by atoms with E-state index in [1.165, 1.54) is 0 Å². The summed E-state index contributed by atoms with van der Waals surface area (Å²) in [5.74, 6) is 0.806. The van der Waals surface area contributed by atoms with Gasteiger partial charge in [-0.25, -0.2) is 14.8 Å². The number of carbonyl (C=O) groups excluding carboxylic acids is 2. The molecular weight excluding hydrogens is 368 g/mol. The number of benzene rings is 1. The summed E-state index contributed by atoms with van der Waals surface area (Å²) < 4.78 is 5.18. The average molecular weight is 394 g/mol. The highest BCUT2D eigenvalue weighted by atomic mass is 16.5. The second kappa shape index (κ2) is 7.81. The fourth-order valence-electron chi connectivity index (χ4n) is 4.42. The molecule has 0 radical (unpaired) electrons. The number of carbonyl (C=O) groups is 2. The Balaban J connectivity index is 1.81. The Hall–Kier alpha value is -2.96. The highest BCUT2D eigenvalue weighted by molar-refractivity contribution is 5.96. The maximum atomic E-state index is 12.6. The van der Waals surface area contributed by atoms with Crippen LogP contribution < -0.4 is 10.2 Å². The molecule has 4 rings (SSSR count). The molecule has 1 amide bonds. The summed E-state index contributed by atoms with van der Waals surface area (Å²) in [7, 11) is 0. The van der Waals surface area contributed by atoms with Gasteiger partial charge in [-0.2, -0.15) is 0 Å². The number of amides is 1. The summed E-state index contributed by atoms with van der Waals surface area (Å²) in [4.78, 5) is 35.5. The third-order valence-electron chi connectivity index (χ3n) is 5.79. The third kappa shape index (κ3) is 3.69. The predicted molar refractivity (Wildman–Crippen MR) is 110 cm³/mol. The number of rotatable bonds is 5. The highest BCUT2D eigenvalue weighted by Crippen LogP contribution is 2.50. The first kappa shape index (κ1) is 19.4. The molecule has 3 atom stereocenters. The number of esters is 1. The molecule has 1 fully saturated rings. The lowest BCUT2D eigenvalue weighted by atomic mass is 9.79. The predicted octanol–water partition coefficient (Wildman–Crippen LogP) is 3.59. The van der Waals surface area contributed by atoms with Gasteiger partial charge in [0.1, 0.15) is 0 Å². The second-order valence-electron chi connectivity index (χ2n) is 7.76. The normalized spacial score (nSPS) is 23.3. The standard InChI is InChI=1S/C22H26N4O3/c1-4-29-21(28)16-8-9-18-17(12-16)19(25-22-23-10-5-11-24-22)13(2)20(15-6-7-15)26(18)14(3)27/h5,8-13,15,19-20H,4,6-7H2,1-3H3,(H,23,24,25)/t13-,19-,20-/m1/s1. The number of nitrogens with zero attached hydrogens (tertiary/aromatic N) is 3. The Morgan fingerprint density at radius 1 is 1.24 bits per heavy atom. The quantitative estimate of drug-likeness (QED) is 0.780. The topological polar surface area (TPSA) is 84.4 Å². The van der Waals surface area contributed by atoms with Crippen LogP contribution in [0.15, 0.2) is 36.7 Å². The van der Waals surface area contributed by atoms with E-state index in [1.54, 1.807) is 38.4 Å². The molecule has 29 heavy (non-hydrogen) atoms. The molecule has 152 valence electrons. The molecule has 2 aromatic rings. The van der Waals surface area contributed by atoms with Crippen molar-refractivity contribution in [1.29, 1.82) is 0 Å². The van der Waals surface area contributed by atoms with Crippen molar-refractivity contribution in [3.8, 4) is 0 Å². The van der Waals surface area contributed by atoms with Gasteiger partial charge in [0.2, 0.25) is 11.9 Å². The van der Waals surface area contributed by atoms with E-state index in [1.807, 2.05) is 17.0 Å². The van der Waals surface area contributed by atoms with E-state index in [4.69, 9.17) is 4.74 Å². The van der Waals surface area contributed by atoms with Gasteiger partial charge in [0.25, 0.3) is 0 Å². The van der Waals surface area contributed by atoms with Gasteiger partial charge in [-0.3, -0.25) is 4.79 Å². The second-order valence-corrected chi connectivity index (χ2v) is 7.76. The zero-order valence-electron chi connectivity index (χ0n) is 17.0. The SMILES string of the molecule is CCOC(=O)c1ccc2c(c1)[C@H](Nc1ncccn1)[C@@H](C)[C@H](C1CC1)N2C(C)=O. The van der Waals surface area contributed by atoms with Crippen molar-refractivity contribution < 1.29 is 14.3 Å². The largest absolute Gasteiger partial charge is 0.462 e. The lowest BCUT2D eigenvalue weighted by Gasteiger charge is -2.45. The number of hydrogen-bond acceptors (Lipinski definition) is 6. The summed E-state index contributed by atoms with van der Waals surface area (Å²) in [6, 6.07) is 7.20. The first-order chi connectivity index (χ1) is 14.0. The van der Waals surface area contributed by atoms with Crippen LogP contribution in [-0.2, 0) is 9.53 Å². The average Bonchev–Trinajstić information content (AvgIpc) is 3.55. The monoisotopic (exact) mass is 394 g/mol. The minimum Gasteiger partial charge on any atom is -0.462 e. The summed E-state index contributed by atoms with van der Waals surface area (Å²) in [5.41, 5.74) is 2.21. The number of anilines is 2. The molecule has 1 aliphatic carbocycles.